The van der Waals surface area contributed by atoms with Crippen molar-refractivity contribution in [1.29, 1.82) is 0 Å². The third-order valence-electron chi connectivity index (χ3n) is 5.92. The molecule has 2 N–H and O–H groups in total. The number of benzene rings is 2. The Bertz CT molecular complexity index is 1150. The number of para-hydroxylation sites is 1. The lowest BCUT2D eigenvalue weighted by atomic mass is 10.1. The lowest BCUT2D eigenvalue weighted by molar-refractivity contribution is -0.116. The van der Waals surface area contributed by atoms with Crippen molar-refractivity contribution in [2.24, 2.45) is 0 Å². The van der Waals surface area contributed by atoms with Crippen LogP contribution in [0.1, 0.15) is 42.6 Å². The maximum Gasteiger partial charge on any atom is 0.253 e. The molecular weight excluding hydrogens is 470 g/mol. The third kappa shape index (κ3) is 6.81. The molecule has 0 saturated carbocycles. The van der Waals surface area contributed by atoms with Gasteiger partial charge < -0.3 is 20.1 Å². The molecule has 10 heteroatoms. The summed E-state index contributed by atoms with van der Waals surface area (Å²) in [6.45, 7) is 5.22. The highest BCUT2D eigenvalue weighted by atomic mass is 32.2. The molecule has 9 nitrogen and oxygen atoms in total. The van der Waals surface area contributed by atoms with E-state index in [-0.39, 0.29) is 35.6 Å². The fourth-order valence-electron chi connectivity index (χ4n) is 3.70. The quantitative estimate of drug-likeness (QED) is 0.515. The highest BCUT2D eigenvalue weighted by molar-refractivity contribution is 7.89. The van der Waals surface area contributed by atoms with Gasteiger partial charge in [-0.2, -0.15) is 4.31 Å². The van der Waals surface area contributed by atoms with Gasteiger partial charge in [-0.15, -0.1) is 0 Å². The molecule has 0 bridgehead atoms. The Kier molecular flexibility index (Phi) is 9.25. The van der Waals surface area contributed by atoms with E-state index in [2.05, 4.69) is 10.6 Å². The summed E-state index contributed by atoms with van der Waals surface area (Å²) in [6.07, 6.45) is 1.14. The van der Waals surface area contributed by atoms with E-state index in [9.17, 15) is 18.0 Å². The number of rotatable bonds is 10. The molecule has 0 aliphatic carbocycles. The van der Waals surface area contributed by atoms with Crippen LogP contribution < -0.4 is 15.4 Å². The van der Waals surface area contributed by atoms with Crippen molar-refractivity contribution in [3.63, 3.8) is 0 Å². The van der Waals surface area contributed by atoms with Gasteiger partial charge in [-0.25, -0.2) is 8.42 Å². The van der Waals surface area contributed by atoms with Crippen molar-refractivity contribution in [3.8, 4) is 5.75 Å². The molecular formula is C25H33N3O6S. The number of methoxy groups -OCH3 is 1. The normalized spacial score (nSPS) is 15.3. The summed E-state index contributed by atoms with van der Waals surface area (Å²) in [4.78, 5) is 25.5. The van der Waals surface area contributed by atoms with Crippen LogP contribution >= 0.6 is 0 Å². The van der Waals surface area contributed by atoms with Crippen molar-refractivity contribution in [3.05, 3.63) is 53.6 Å². The molecule has 0 radical (unpaired) electrons. The molecule has 35 heavy (non-hydrogen) atoms. The minimum Gasteiger partial charge on any atom is -0.496 e. The number of sulfonamides is 1. The van der Waals surface area contributed by atoms with E-state index >= 15 is 0 Å². The van der Waals surface area contributed by atoms with Crippen LogP contribution in [0.3, 0.4) is 0 Å². The van der Waals surface area contributed by atoms with Crippen molar-refractivity contribution in [2.75, 3.05) is 38.7 Å². The lowest BCUT2D eigenvalue weighted by Gasteiger charge is -2.26. The number of morpholine rings is 1. The zero-order valence-electron chi connectivity index (χ0n) is 20.4. The number of carbonyl (C=O) groups excluding carboxylic acids is 2. The van der Waals surface area contributed by atoms with Gasteiger partial charge in [0.2, 0.25) is 15.9 Å². The Balaban J connectivity index is 1.71. The second-order valence-electron chi connectivity index (χ2n) is 8.37. The number of carbonyl (C=O) groups is 2. The van der Waals surface area contributed by atoms with E-state index in [1.165, 1.54) is 17.5 Å². The molecule has 1 atom stereocenters. The zero-order valence-corrected chi connectivity index (χ0v) is 21.2. The van der Waals surface area contributed by atoms with Crippen molar-refractivity contribution in [2.45, 2.75) is 44.0 Å². The fourth-order valence-corrected chi connectivity index (χ4v) is 5.16. The number of anilines is 1. The Morgan fingerprint density at radius 2 is 1.86 bits per heavy atom. The van der Waals surface area contributed by atoms with E-state index in [0.29, 0.717) is 48.9 Å². The second kappa shape index (κ2) is 12.1. The second-order valence-corrected chi connectivity index (χ2v) is 10.3. The maximum absolute atomic E-state index is 13.0. The molecule has 0 spiro atoms. The van der Waals surface area contributed by atoms with Crippen molar-refractivity contribution < 1.29 is 27.5 Å². The molecule has 1 saturated heterocycles. The molecule has 1 aliphatic rings. The first kappa shape index (κ1) is 26.7. The number of hydrogen-bond donors (Lipinski definition) is 2. The predicted octanol–water partition coefficient (Wildman–Crippen LogP) is 2.82. The highest BCUT2D eigenvalue weighted by Gasteiger charge is 2.27. The fraction of sp³-hybridized carbons (Fsp3) is 0.440. The summed E-state index contributed by atoms with van der Waals surface area (Å²) >= 11 is 0. The molecule has 190 valence electrons. The van der Waals surface area contributed by atoms with Gasteiger partial charge in [0.15, 0.2) is 0 Å². The third-order valence-corrected chi connectivity index (χ3v) is 7.81. The van der Waals surface area contributed by atoms with Crippen LogP contribution in [0.25, 0.3) is 0 Å². The number of hydrogen-bond acceptors (Lipinski definition) is 6. The average molecular weight is 504 g/mol. The van der Waals surface area contributed by atoms with Crippen molar-refractivity contribution in [1.82, 2.24) is 9.62 Å². The minimum atomic E-state index is -3.67. The number of amides is 2. The van der Waals surface area contributed by atoms with E-state index in [0.717, 1.165) is 6.42 Å². The number of ether oxygens (including phenoxy) is 2. The summed E-state index contributed by atoms with van der Waals surface area (Å²) in [7, 11) is -2.17. The van der Waals surface area contributed by atoms with Gasteiger partial charge >= 0.3 is 0 Å². The maximum atomic E-state index is 13.0. The van der Waals surface area contributed by atoms with Crippen LogP contribution in [0.4, 0.5) is 5.69 Å². The SMILES string of the molecule is CC[C@H](C)NC(=O)c1ccccc1NC(=O)CCc1cc(S(=O)(=O)N2CCOCC2)ccc1OC. The Labute approximate surface area is 206 Å². The van der Waals surface area contributed by atoms with Gasteiger partial charge in [0.1, 0.15) is 5.75 Å². The Hall–Kier alpha value is -2.95. The molecule has 1 aliphatic heterocycles. The number of nitrogens with one attached hydrogen (secondary N) is 2. The first-order valence-corrected chi connectivity index (χ1v) is 13.1. The monoisotopic (exact) mass is 503 g/mol. The molecule has 0 aromatic heterocycles. The Morgan fingerprint density at radius 3 is 2.54 bits per heavy atom. The summed E-state index contributed by atoms with van der Waals surface area (Å²) in [5.41, 5.74) is 1.42. The van der Waals surface area contributed by atoms with Crippen LogP contribution in [0, 0.1) is 0 Å². The van der Waals surface area contributed by atoms with E-state index in [4.69, 9.17) is 9.47 Å². The van der Waals surface area contributed by atoms with Gasteiger partial charge in [-0.05, 0) is 55.7 Å². The number of aryl methyl sites for hydroxylation is 1. The van der Waals surface area contributed by atoms with Crippen LogP contribution in [-0.4, -0.2) is 64.0 Å². The van der Waals surface area contributed by atoms with Crippen molar-refractivity contribution >= 4 is 27.5 Å². The van der Waals surface area contributed by atoms with E-state index < -0.39 is 10.0 Å². The van der Waals surface area contributed by atoms with Gasteiger partial charge in [-0.1, -0.05) is 19.1 Å². The smallest absolute Gasteiger partial charge is 0.253 e. The molecule has 0 unspecified atom stereocenters. The summed E-state index contributed by atoms with van der Waals surface area (Å²) in [6, 6.07) is 11.5. The predicted molar refractivity (Wildman–Crippen MR) is 133 cm³/mol. The van der Waals surface area contributed by atoms with Crippen LogP contribution in [0.15, 0.2) is 47.4 Å². The van der Waals surface area contributed by atoms with Gasteiger partial charge in [0, 0.05) is 25.6 Å². The first-order chi connectivity index (χ1) is 16.8. The summed E-state index contributed by atoms with van der Waals surface area (Å²) in [5.74, 6) is -0.0396. The molecule has 3 rings (SSSR count). The molecule has 2 aromatic rings. The van der Waals surface area contributed by atoms with Gasteiger partial charge in [0.05, 0.1) is 36.5 Å². The van der Waals surface area contributed by atoms with Gasteiger partial charge in [0.25, 0.3) is 5.91 Å². The minimum absolute atomic E-state index is 0.0136. The molecule has 2 amide bonds. The summed E-state index contributed by atoms with van der Waals surface area (Å²) in [5, 5.41) is 5.71. The standard InChI is InChI=1S/C25H33N3O6S/c1-4-18(2)26-25(30)21-7-5-6-8-22(21)27-24(29)12-9-19-17-20(10-11-23(19)33-3)35(31,32)28-13-15-34-16-14-28/h5-8,10-11,17-18H,4,9,12-16H2,1-3H3,(H,26,30)(H,27,29)/t18-/m0/s1. The van der Waals surface area contributed by atoms with E-state index in [1.54, 1.807) is 36.4 Å². The molecule has 1 heterocycles. The van der Waals surface area contributed by atoms with Crippen LogP contribution in [0.2, 0.25) is 0 Å². The summed E-state index contributed by atoms with van der Waals surface area (Å²) < 4.78 is 38.1. The average Bonchev–Trinajstić information content (AvgIpc) is 2.87. The Morgan fingerprint density at radius 1 is 1.14 bits per heavy atom. The van der Waals surface area contributed by atoms with Gasteiger partial charge in [-0.3, -0.25) is 9.59 Å². The molecule has 1 fully saturated rings. The largest absolute Gasteiger partial charge is 0.496 e. The highest BCUT2D eigenvalue weighted by Crippen LogP contribution is 2.26. The van der Waals surface area contributed by atoms with Crippen LogP contribution in [0.5, 0.6) is 5.75 Å². The van der Waals surface area contributed by atoms with Crippen LogP contribution in [-0.2, 0) is 26.0 Å². The number of nitrogens with zero attached hydrogens (tertiary/aromatic N) is 1. The first-order valence-electron chi connectivity index (χ1n) is 11.7. The van der Waals surface area contributed by atoms with E-state index in [1.807, 2.05) is 13.8 Å². The molecule has 2 aromatic carbocycles. The zero-order chi connectivity index (χ0) is 25.4. The lowest BCUT2D eigenvalue weighted by Crippen LogP contribution is -2.40. The topological polar surface area (TPSA) is 114 Å².